The molecule has 2 N–H and O–H groups in total. The smallest absolute Gasteiger partial charge is 0.262 e. The Morgan fingerprint density at radius 1 is 1.46 bits per heavy atom. The number of carbonyl (C=O) groups is 2. The van der Waals surface area contributed by atoms with Gasteiger partial charge < -0.3 is 15.4 Å². The highest BCUT2D eigenvalue weighted by atomic mass is 32.2. The molecular formula is C15H19N3O5S. The van der Waals surface area contributed by atoms with E-state index in [1.165, 1.54) is 0 Å². The Bertz CT molecular complexity index is 777. The highest BCUT2D eigenvalue weighted by Gasteiger charge is 2.31. The number of rotatable bonds is 4. The van der Waals surface area contributed by atoms with Gasteiger partial charge in [0.25, 0.3) is 5.91 Å². The van der Waals surface area contributed by atoms with Crippen LogP contribution >= 0.6 is 0 Å². The van der Waals surface area contributed by atoms with E-state index in [1.54, 1.807) is 30.1 Å². The summed E-state index contributed by atoms with van der Waals surface area (Å²) in [5.74, 6) is 0.339. The Morgan fingerprint density at radius 3 is 2.96 bits per heavy atom. The summed E-state index contributed by atoms with van der Waals surface area (Å²) in [5.41, 5.74) is 1.05. The van der Waals surface area contributed by atoms with E-state index in [9.17, 15) is 18.0 Å². The predicted molar refractivity (Wildman–Crippen MR) is 88.9 cm³/mol. The minimum Gasteiger partial charge on any atom is -0.482 e. The summed E-state index contributed by atoms with van der Waals surface area (Å²) in [7, 11) is -1.24. The summed E-state index contributed by atoms with van der Waals surface area (Å²) >= 11 is 0. The number of ether oxygens (including phenoxy) is 1. The maximum absolute atomic E-state index is 12.2. The zero-order valence-corrected chi connectivity index (χ0v) is 14.1. The second kappa shape index (κ2) is 6.40. The summed E-state index contributed by atoms with van der Waals surface area (Å²) in [5, 5.41) is 5.42. The van der Waals surface area contributed by atoms with Gasteiger partial charge in [0.1, 0.15) is 5.75 Å². The molecule has 0 spiro atoms. The number of benzene rings is 1. The van der Waals surface area contributed by atoms with Crippen molar-refractivity contribution in [3.8, 4) is 5.75 Å². The molecule has 1 aromatic carbocycles. The molecule has 0 aromatic heterocycles. The van der Waals surface area contributed by atoms with Crippen LogP contribution in [-0.2, 0) is 19.4 Å². The van der Waals surface area contributed by atoms with Crippen LogP contribution in [0.1, 0.15) is 6.42 Å². The van der Waals surface area contributed by atoms with Gasteiger partial charge in [0.15, 0.2) is 16.4 Å². The highest BCUT2D eigenvalue weighted by Crippen LogP contribution is 2.30. The molecule has 2 amide bonds. The Hall–Kier alpha value is -2.13. The highest BCUT2D eigenvalue weighted by molar-refractivity contribution is 7.91. The third kappa shape index (κ3) is 3.85. The third-order valence-corrected chi connectivity index (χ3v) is 5.87. The van der Waals surface area contributed by atoms with Gasteiger partial charge in [-0.2, -0.15) is 0 Å². The van der Waals surface area contributed by atoms with E-state index >= 15 is 0 Å². The number of nitrogens with zero attached hydrogens (tertiary/aromatic N) is 1. The van der Waals surface area contributed by atoms with Crippen LogP contribution in [-0.4, -0.2) is 62.9 Å². The lowest BCUT2D eigenvalue weighted by Crippen LogP contribution is -2.38. The number of anilines is 2. The standard InChI is InChI=1S/C15H19N3O5S/c1-18(11-4-5-24(21,22)9-11)7-14(19)16-10-2-3-13-12(6-10)17-15(20)8-23-13/h2-3,6,11H,4-5,7-9H2,1H3,(H,16,19)(H,17,20)/t11-/m0/s1. The van der Waals surface area contributed by atoms with Gasteiger partial charge in [-0.25, -0.2) is 8.42 Å². The van der Waals surface area contributed by atoms with Crippen LogP contribution in [0.15, 0.2) is 18.2 Å². The lowest BCUT2D eigenvalue weighted by atomic mass is 10.2. The quantitative estimate of drug-likeness (QED) is 0.794. The summed E-state index contributed by atoms with van der Waals surface area (Å²) in [6.45, 7) is 0.0773. The molecule has 9 heteroatoms. The molecule has 0 saturated carbocycles. The SMILES string of the molecule is CN(CC(=O)Nc1ccc2c(c1)NC(=O)CO2)[C@H]1CCS(=O)(=O)C1. The molecule has 130 valence electrons. The second-order valence-corrected chi connectivity index (χ2v) is 8.30. The fourth-order valence-corrected chi connectivity index (χ4v) is 4.65. The van der Waals surface area contributed by atoms with Crippen LogP contribution in [0, 0.1) is 0 Å². The van der Waals surface area contributed by atoms with E-state index in [0.717, 1.165) is 0 Å². The van der Waals surface area contributed by atoms with E-state index in [0.29, 0.717) is 23.5 Å². The number of nitrogens with one attached hydrogen (secondary N) is 2. The Labute approximate surface area is 140 Å². The van der Waals surface area contributed by atoms with E-state index in [1.807, 2.05) is 0 Å². The molecular weight excluding hydrogens is 334 g/mol. The first-order valence-electron chi connectivity index (χ1n) is 7.60. The molecule has 1 saturated heterocycles. The van der Waals surface area contributed by atoms with Gasteiger partial charge in [-0.05, 0) is 31.7 Å². The van der Waals surface area contributed by atoms with Crippen molar-refractivity contribution in [3.63, 3.8) is 0 Å². The first-order chi connectivity index (χ1) is 11.3. The maximum atomic E-state index is 12.2. The average Bonchev–Trinajstić information content (AvgIpc) is 2.87. The van der Waals surface area contributed by atoms with Crippen LogP contribution in [0.4, 0.5) is 11.4 Å². The number of fused-ring (bicyclic) bond motifs is 1. The number of sulfone groups is 1. The first-order valence-corrected chi connectivity index (χ1v) is 9.42. The van der Waals surface area contributed by atoms with Gasteiger partial charge in [0.05, 0.1) is 23.7 Å². The number of likely N-dealkylation sites (N-methyl/N-ethyl adjacent to an activating group) is 1. The van der Waals surface area contributed by atoms with Gasteiger partial charge in [0.2, 0.25) is 5.91 Å². The Kier molecular flexibility index (Phi) is 4.46. The lowest BCUT2D eigenvalue weighted by molar-refractivity contribution is -0.119. The minimum atomic E-state index is -2.98. The number of amides is 2. The minimum absolute atomic E-state index is 0.0200. The van der Waals surface area contributed by atoms with Crippen molar-refractivity contribution in [2.24, 2.45) is 0 Å². The van der Waals surface area contributed by atoms with Gasteiger partial charge in [-0.3, -0.25) is 14.5 Å². The van der Waals surface area contributed by atoms with Crippen molar-refractivity contribution >= 4 is 33.0 Å². The molecule has 0 aliphatic carbocycles. The average molecular weight is 353 g/mol. The van der Waals surface area contributed by atoms with Crippen LogP contribution in [0.5, 0.6) is 5.75 Å². The lowest BCUT2D eigenvalue weighted by Gasteiger charge is -2.22. The van der Waals surface area contributed by atoms with Gasteiger partial charge in [-0.15, -0.1) is 0 Å². The van der Waals surface area contributed by atoms with Gasteiger partial charge in [0, 0.05) is 11.7 Å². The van der Waals surface area contributed by atoms with Crippen molar-refractivity contribution < 1.29 is 22.7 Å². The monoisotopic (exact) mass is 353 g/mol. The number of hydrogen-bond acceptors (Lipinski definition) is 6. The normalized spacial score (nSPS) is 21.8. The second-order valence-electron chi connectivity index (χ2n) is 6.07. The van der Waals surface area contributed by atoms with Gasteiger partial charge >= 0.3 is 0 Å². The molecule has 0 unspecified atom stereocenters. The summed E-state index contributed by atoms with van der Waals surface area (Å²) in [6, 6.07) is 4.87. The fourth-order valence-electron chi connectivity index (χ4n) is 2.84. The zero-order valence-electron chi connectivity index (χ0n) is 13.2. The Balaban J connectivity index is 1.59. The predicted octanol–water partition coefficient (Wildman–Crippen LogP) is 0.0749. The number of hydrogen-bond donors (Lipinski definition) is 2. The maximum Gasteiger partial charge on any atom is 0.262 e. The summed E-state index contributed by atoms with van der Waals surface area (Å²) in [4.78, 5) is 25.2. The largest absolute Gasteiger partial charge is 0.482 e. The van der Waals surface area contributed by atoms with E-state index < -0.39 is 9.84 Å². The molecule has 1 atom stereocenters. The van der Waals surface area contributed by atoms with Crippen molar-refractivity contribution in [3.05, 3.63) is 18.2 Å². The molecule has 0 bridgehead atoms. The molecule has 8 nitrogen and oxygen atoms in total. The zero-order chi connectivity index (χ0) is 17.3. The molecule has 3 rings (SSSR count). The van der Waals surface area contributed by atoms with Crippen LogP contribution < -0.4 is 15.4 Å². The van der Waals surface area contributed by atoms with Crippen molar-refractivity contribution in [2.75, 3.05) is 42.3 Å². The molecule has 1 fully saturated rings. The molecule has 0 radical (unpaired) electrons. The van der Waals surface area contributed by atoms with Crippen LogP contribution in [0.25, 0.3) is 0 Å². The molecule has 2 heterocycles. The third-order valence-electron chi connectivity index (χ3n) is 4.12. The summed E-state index contributed by atoms with van der Waals surface area (Å²) in [6.07, 6.45) is 0.550. The van der Waals surface area contributed by atoms with Gasteiger partial charge in [-0.1, -0.05) is 0 Å². The van der Waals surface area contributed by atoms with Crippen molar-refractivity contribution in [1.82, 2.24) is 4.90 Å². The topological polar surface area (TPSA) is 105 Å². The van der Waals surface area contributed by atoms with Crippen LogP contribution in [0.3, 0.4) is 0 Å². The first kappa shape index (κ1) is 16.7. The van der Waals surface area contributed by atoms with E-state index in [-0.39, 0.29) is 42.5 Å². The van der Waals surface area contributed by atoms with Crippen molar-refractivity contribution in [2.45, 2.75) is 12.5 Å². The van der Waals surface area contributed by atoms with E-state index in [2.05, 4.69) is 10.6 Å². The molecule has 2 aliphatic heterocycles. The van der Waals surface area contributed by atoms with E-state index in [4.69, 9.17) is 4.74 Å². The Morgan fingerprint density at radius 2 is 2.25 bits per heavy atom. The molecule has 24 heavy (non-hydrogen) atoms. The molecule has 1 aromatic rings. The fraction of sp³-hybridized carbons (Fsp3) is 0.467. The molecule has 2 aliphatic rings. The number of carbonyl (C=O) groups excluding carboxylic acids is 2. The van der Waals surface area contributed by atoms with Crippen molar-refractivity contribution in [1.29, 1.82) is 0 Å². The van der Waals surface area contributed by atoms with Crippen LogP contribution in [0.2, 0.25) is 0 Å². The summed E-state index contributed by atoms with van der Waals surface area (Å²) < 4.78 is 28.3.